The van der Waals surface area contributed by atoms with Crippen LogP contribution < -0.4 is 15.0 Å². The van der Waals surface area contributed by atoms with Gasteiger partial charge in [0.1, 0.15) is 34.5 Å². The van der Waals surface area contributed by atoms with Crippen LogP contribution in [0.2, 0.25) is 5.02 Å². The SMILES string of the molecule is C[C@@H](CN1CCC(C#N)CC1)Oc1nc(N2CC3CCC(C2)N3C(=O)OC(C)(C)C)c2cc(Cl)c(-c3ccc(F)c4sc(NC(=O)OC(C)(C)C)nc34)c(F)c2n1. The van der Waals surface area contributed by atoms with Crippen molar-refractivity contribution in [2.24, 2.45) is 5.92 Å². The van der Waals surface area contributed by atoms with Gasteiger partial charge >= 0.3 is 18.2 Å². The Labute approximate surface area is 339 Å². The average molecular weight is 825 g/mol. The number of amides is 2. The minimum Gasteiger partial charge on any atom is -0.459 e. The smallest absolute Gasteiger partial charge is 0.413 e. The molecule has 304 valence electrons. The number of likely N-dealkylation sites (tertiary alicyclic amines) is 1. The molecule has 3 aliphatic heterocycles. The summed E-state index contributed by atoms with van der Waals surface area (Å²) in [7, 11) is 0. The highest BCUT2D eigenvalue weighted by Crippen LogP contribution is 2.44. The van der Waals surface area contributed by atoms with E-state index in [1.165, 1.54) is 12.1 Å². The lowest BCUT2D eigenvalue weighted by atomic mass is 9.98. The zero-order valence-electron chi connectivity index (χ0n) is 33.1. The monoisotopic (exact) mass is 824 g/mol. The van der Waals surface area contributed by atoms with Crippen molar-refractivity contribution in [3.63, 3.8) is 0 Å². The Bertz CT molecular complexity index is 2230. The zero-order valence-corrected chi connectivity index (χ0v) is 34.7. The fourth-order valence-corrected chi connectivity index (χ4v) is 9.01. The number of nitrogens with zero attached hydrogens (tertiary/aromatic N) is 7. The summed E-state index contributed by atoms with van der Waals surface area (Å²) < 4.78 is 50.0. The highest BCUT2D eigenvalue weighted by atomic mass is 35.5. The number of benzene rings is 2. The van der Waals surface area contributed by atoms with Crippen molar-refractivity contribution < 1.29 is 32.6 Å². The van der Waals surface area contributed by atoms with Crippen LogP contribution in [0.1, 0.15) is 74.1 Å². The summed E-state index contributed by atoms with van der Waals surface area (Å²) in [5.41, 5.74) is -1.24. The third-order valence-corrected chi connectivity index (χ3v) is 11.5. The van der Waals surface area contributed by atoms with E-state index in [1.54, 1.807) is 26.8 Å². The Morgan fingerprint density at radius 1 is 1.00 bits per heavy atom. The van der Waals surface area contributed by atoms with Gasteiger partial charge in [0.25, 0.3) is 0 Å². The van der Waals surface area contributed by atoms with Gasteiger partial charge in [0.2, 0.25) is 0 Å². The predicted octanol–water partition coefficient (Wildman–Crippen LogP) is 8.78. The molecule has 3 saturated heterocycles. The Balaban J connectivity index is 1.27. The van der Waals surface area contributed by atoms with Gasteiger partial charge in [-0.15, -0.1) is 0 Å². The third kappa shape index (κ3) is 8.80. The van der Waals surface area contributed by atoms with Crippen molar-refractivity contribution in [1.29, 1.82) is 5.26 Å². The highest BCUT2D eigenvalue weighted by Gasteiger charge is 2.45. The molecule has 2 unspecified atom stereocenters. The summed E-state index contributed by atoms with van der Waals surface area (Å²) in [6.07, 6.45) is 1.58. The minimum atomic E-state index is -0.782. The van der Waals surface area contributed by atoms with E-state index in [0.717, 1.165) is 50.1 Å². The summed E-state index contributed by atoms with van der Waals surface area (Å²) in [6, 6.07) is 6.19. The number of thiazole rings is 1. The maximum Gasteiger partial charge on any atom is 0.413 e. The number of nitriles is 1. The van der Waals surface area contributed by atoms with Crippen LogP contribution in [0.15, 0.2) is 18.2 Å². The maximum absolute atomic E-state index is 17.3. The van der Waals surface area contributed by atoms with Gasteiger partial charge in [-0.1, -0.05) is 22.9 Å². The normalized spacial score (nSPS) is 19.8. The average Bonchev–Trinajstić information content (AvgIpc) is 3.66. The molecule has 0 aliphatic carbocycles. The summed E-state index contributed by atoms with van der Waals surface area (Å²) in [4.78, 5) is 45.9. The van der Waals surface area contributed by atoms with Gasteiger partial charge in [-0.25, -0.2) is 23.4 Å². The quantitative estimate of drug-likeness (QED) is 0.191. The molecule has 5 heterocycles. The van der Waals surface area contributed by atoms with Gasteiger partial charge < -0.3 is 19.1 Å². The lowest BCUT2D eigenvalue weighted by Crippen LogP contribution is -2.57. The Morgan fingerprint density at radius 2 is 1.67 bits per heavy atom. The van der Waals surface area contributed by atoms with Crippen molar-refractivity contribution in [1.82, 2.24) is 24.8 Å². The number of carbonyl (C=O) groups excluding carboxylic acids is 2. The molecule has 2 aromatic heterocycles. The summed E-state index contributed by atoms with van der Waals surface area (Å²) >= 11 is 7.85. The second-order valence-electron chi connectivity index (χ2n) is 17.0. The number of piperidine rings is 1. The van der Waals surface area contributed by atoms with E-state index in [4.69, 9.17) is 30.8 Å². The van der Waals surface area contributed by atoms with E-state index >= 15 is 8.78 Å². The molecule has 2 bridgehead atoms. The molecule has 0 spiro atoms. The van der Waals surface area contributed by atoms with E-state index in [0.29, 0.717) is 30.8 Å². The van der Waals surface area contributed by atoms with Crippen molar-refractivity contribution >= 4 is 67.2 Å². The van der Waals surface area contributed by atoms with Crippen LogP contribution >= 0.6 is 22.9 Å². The van der Waals surface area contributed by atoms with Gasteiger partial charge in [-0.05, 0) is 105 Å². The molecule has 17 heteroatoms. The van der Waals surface area contributed by atoms with Crippen molar-refractivity contribution in [2.75, 3.05) is 42.9 Å². The Morgan fingerprint density at radius 3 is 2.30 bits per heavy atom. The molecular weight excluding hydrogens is 778 g/mol. The number of hydrogen-bond donors (Lipinski definition) is 1. The van der Waals surface area contributed by atoms with Crippen molar-refractivity contribution in [3.8, 4) is 23.2 Å². The number of piperazine rings is 1. The number of nitrogens with one attached hydrogen (secondary N) is 1. The number of ether oxygens (including phenoxy) is 3. The molecule has 7 rings (SSSR count). The second-order valence-corrected chi connectivity index (χ2v) is 18.4. The fourth-order valence-electron chi connectivity index (χ4n) is 7.84. The predicted molar refractivity (Wildman–Crippen MR) is 215 cm³/mol. The number of halogens is 3. The Hall–Kier alpha value is -4.59. The first-order chi connectivity index (χ1) is 26.9. The van der Waals surface area contributed by atoms with Gasteiger partial charge in [-0.3, -0.25) is 15.1 Å². The molecule has 3 aliphatic rings. The minimum absolute atomic E-state index is 0.0191. The molecule has 3 fully saturated rings. The van der Waals surface area contributed by atoms with E-state index in [1.807, 2.05) is 37.5 Å². The number of rotatable bonds is 7. The lowest BCUT2D eigenvalue weighted by molar-refractivity contribution is 0.0122. The molecule has 0 saturated carbocycles. The number of fused-ring (bicyclic) bond motifs is 4. The van der Waals surface area contributed by atoms with Crippen molar-refractivity contribution in [2.45, 2.75) is 104 Å². The van der Waals surface area contributed by atoms with Crippen LogP contribution in [-0.2, 0) is 9.47 Å². The van der Waals surface area contributed by atoms with Gasteiger partial charge in [-0.2, -0.15) is 15.2 Å². The van der Waals surface area contributed by atoms with E-state index in [9.17, 15) is 14.9 Å². The molecular formula is C40H47ClF2N8O5S. The molecule has 3 atom stereocenters. The topological polar surface area (TPSA) is 146 Å². The lowest BCUT2D eigenvalue weighted by Gasteiger charge is -2.42. The van der Waals surface area contributed by atoms with Crippen molar-refractivity contribution in [3.05, 3.63) is 34.9 Å². The summed E-state index contributed by atoms with van der Waals surface area (Å²) in [5.74, 6) is -0.937. The van der Waals surface area contributed by atoms with Gasteiger partial charge in [0.05, 0.1) is 33.4 Å². The molecule has 2 aromatic carbocycles. The van der Waals surface area contributed by atoms with E-state index in [-0.39, 0.29) is 73.2 Å². The molecule has 0 radical (unpaired) electrons. The van der Waals surface area contributed by atoms with Crippen LogP contribution in [0.4, 0.5) is 29.3 Å². The van der Waals surface area contributed by atoms with E-state index < -0.39 is 28.9 Å². The largest absolute Gasteiger partial charge is 0.459 e. The molecule has 57 heavy (non-hydrogen) atoms. The maximum atomic E-state index is 17.3. The standard InChI is InChI=1S/C40H47ClF2N8O5S/c1-21(18-49-14-12-22(17-44)13-15-49)54-35-45-31-26(34(47-35)50-19-23-8-9-24(20-50)51(23)38(53)56-40(5,6)7)16-27(41)29(30(31)43)25-10-11-28(42)33-32(25)46-36(57-33)48-37(52)55-39(2,3)4/h10-11,16,21-24H,8-9,12-15,18-20H2,1-7H3,(H,46,48,52)/t21-,23?,24?/m0/s1. The number of carbonyl (C=O) groups is 2. The first kappa shape index (κ1) is 40.6. The first-order valence-electron chi connectivity index (χ1n) is 19.2. The molecule has 4 aromatic rings. The number of hydrogen-bond acceptors (Lipinski definition) is 12. The van der Waals surface area contributed by atoms with Crippen LogP contribution in [-0.4, -0.2) is 99.1 Å². The van der Waals surface area contributed by atoms with Crippen LogP contribution in [0.25, 0.3) is 32.2 Å². The molecule has 2 amide bonds. The highest BCUT2D eigenvalue weighted by molar-refractivity contribution is 7.22. The Kier molecular flexibility index (Phi) is 11.1. The van der Waals surface area contributed by atoms with Gasteiger partial charge in [0, 0.05) is 42.1 Å². The van der Waals surface area contributed by atoms with Gasteiger partial charge in [0.15, 0.2) is 10.9 Å². The second kappa shape index (κ2) is 15.6. The number of aromatic nitrogens is 3. The van der Waals surface area contributed by atoms with Crippen LogP contribution in [0, 0.1) is 28.9 Å². The zero-order chi connectivity index (χ0) is 41.0. The summed E-state index contributed by atoms with van der Waals surface area (Å²) in [5, 5.41) is 12.3. The number of anilines is 2. The van der Waals surface area contributed by atoms with E-state index in [2.05, 4.69) is 26.3 Å². The molecule has 13 nitrogen and oxygen atoms in total. The van der Waals surface area contributed by atoms with Crippen LogP contribution in [0.5, 0.6) is 6.01 Å². The van der Waals surface area contributed by atoms with Crippen LogP contribution in [0.3, 0.4) is 0 Å². The fraction of sp³-hybridized carbons (Fsp3) is 0.550. The first-order valence-corrected chi connectivity index (χ1v) is 20.4. The molecule has 1 N–H and O–H groups in total. The third-order valence-electron chi connectivity index (χ3n) is 10.2. The summed E-state index contributed by atoms with van der Waals surface area (Å²) in [6.45, 7) is 15.5.